The largest absolute Gasteiger partial charge is 0.459 e. The smallest absolute Gasteiger partial charge is 0.317 e. The van der Waals surface area contributed by atoms with Gasteiger partial charge in [-0.1, -0.05) is 39.3 Å². The minimum absolute atomic E-state index is 0.0566. The van der Waals surface area contributed by atoms with E-state index in [0.29, 0.717) is 6.42 Å². The molecule has 0 saturated carbocycles. The van der Waals surface area contributed by atoms with Crippen LogP contribution in [-0.2, 0) is 18.8 Å². The molecule has 0 unspecified atom stereocenters. The Morgan fingerprint density at radius 1 is 1.15 bits per heavy atom. The van der Waals surface area contributed by atoms with Crippen molar-refractivity contribution in [1.29, 1.82) is 0 Å². The average Bonchev–Trinajstić information content (AvgIpc) is 2.51. The van der Waals surface area contributed by atoms with Gasteiger partial charge in [-0.15, -0.1) is 0 Å². The number of ether oxygens (including phenoxy) is 1. The van der Waals surface area contributed by atoms with E-state index in [2.05, 4.69) is 40.8 Å². The number of hydrogen-bond donors (Lipinski definition) is 0. The molecule has 4 nitrogen and oxygen atoms in total. The Bertz CT molecular complexity index is 578. The van der Waals surface area contributed by atoms with Crippen molar-refractivity contribution in [2.45, 2.75) is 104 Å². The third-order valence-corrected chi connectivity index (χ3v) is 10.3. The molecule has 0 aromatic carbocycles. The van der Waals surface area contributed by atoms with Crippen LogP contribution in [0.5, 0.6) is 0 Å². The molecule has 0 aromatic heterocycles. The minimum atomic E-state index is -2.02. The Morgan fingerprint density at radius 3 is 2.19 bits per heavy atom. The molecule has 0 radical (unpaired) electrons. The van der Waals surface area contributed by atoms with Crippen LogP contribution >= 0.6 is 0 Å². The molecule has 156 valence electrons. The Balaban J connectivity index is 3.14. The Kier molecular flexibility index (Phi) is 7.68. The molecule has 0 amide bonds. The highest BCUT2D eigenvalue weighted by molar-refractivity contribution is 6.74. The molecule has 1 aliphatic carbocycles. The van der Waals surface area contributed by atoms with Gasteiger partial charge < -0.3 is 9.16 Å². The zero-order chi connectivity index (χ0) is 21.2. The summed E-state index contributed by atoms with van der Waals surface area (Å²) in [7, 11) is -2.02. The summed E-state index contributed by atoms with van der Waals surface area (Å²) in [6, 6.07) is 0. The van der Waals surface area contributed by atoms with Gasteiger partial charge in [0.1, 0.15) is 11.5 Å². The molecule has 0 spiro atoms. The van der Waals surface area contributed by atoms with Crippen molar-refractivity contribution in [2.24, 2.45) is 11.8 Å². The molecule has 27 heavy (non-hydrogen) atoms. The molecule has 0 bridgehead atoms. The number of carbonyl (C=O) groups excluding carboxylic acids is 2. The second kappa shape index (κ2) is 8.60. The third kappa shape index (κ3) is 6.86. The lowest BCUT2D eigenvalue weighted by molar-refractivity contribution is -0.163. The van der Waals surface area contributed by atoms with Gasteiger partial charge in [-0.05, 0) is 65.1 Å². The van der Waals surface area contributed by atoms with Crippen molar-refractivity contribution in [2.75, 3.05) is 0 Å². The molecule has 1 aliphatic rings. The molecule has 0 saturated heterocycles. The lowest BCUT2D eigenvalue weighted by Crippen LogP contribution is -2.47. The number of allylic oxidation sites excluding steroid dienone is 2. The summed E-state index contributed by atoms with van der Waals surface area (Å²) in [6.07, 6.45) is 3.97. The van der Waals surface area contributed by atoms with Crippen LogP contribution in [0, 0.1) is 11.8 Å². The summed E-state index contributed by atoms with van der Waals surface area (Å²) >= 11 is 0. The molecule has 5 heteroatoms. The molecule has 0 fully saturated rings. The predicted octanol–water partition coefficient (Wildman–Crippen LogP) is 5.67. The van der Waals surface area contributed by atoms with Crippen LogP contribution in [0.15, 0.2) is 11.6 Å². The SMILES string of the molecule is C/C1=C/C[C@@H](C(=O)OC(C)(C)C)C(=O)[C@H](C)[C@@H](O[Si](C)(C)C(C)(C)C)CC1. The highest BCUT2D eigenvalue weighted by Gasteiger charge is 2.43. The molecule has 3 atom stereocenters. The van der Waals surface area contributed by atoms with E-state index in [1.165, 1.54) is 5.57 Å². The summed E-state index contributed by atoms with van der Waals surface area (Å²) in [5, 5.41) is 0.0731. The van der Waals surface area contributed by atoms with Crippen LogP contribution in [0.4, 0.5) is 0 Å². The first-order valence-electron chi connectivity index (χ1n) is 10.2. The highest BCUT2D eigenvalue weighted by Crippen LogP contribution is 2.39. The fourth-order valence-corrected chi connectivity index (χ4v) is 4.39. The van der Waals surface area contributed by atoms with Crippen molar-refractivity contribution in [1.82, 2.24) is 0 Å². The summed E-state index contributed by atoms with van der Waals surface area (Å²) in [5.74, 6) is -1.55. The number of Topliss-reactive ketones (excluding diaryl/α,β-unsaturated/α-hetero) is 1. The second-order valence-corrected chi connectivity index (χ2v) is 15.3. The molecule has 0 N–H and O–H groups in total. The van der Waals surface area contributed by atoms with Gasteiger partial charge in [-0.25, -0.2) is 0 Å². The third-order valence-electron chi connectivity index (χ3n) is 5.82. The highest BCUT2D eigenvalue weighted by atomic mass is 28.4. The Hall–Kier alpha value is -0.943. The molecular formula is C22H40O4Si. The first-order valence-corrected chi connectivity index (χ1v) is 13.1. The Labute approximate surface area is 167 Å². The fraction of sp³-hybridized carbons (Fsp3) is 0.818. The van der Waals surface area contributed by atoms with Gasteiger partial charge in [0.15, 0.2) is 14.1 Å². The Morgan fingerprint density at radius 2 is 1.70 bits per heavy atom. The summed E-state index contributed by atoms with van der Waals surface area (Å²) in [4.78, 5) is 25.9. The van der Waals surface area contributed by atoms with Crippen LogP contribution in [0.1, 0.15) is 74.7 Å². The molecule has 1 rings (SSSR count). The first kappa shape index (κ1) is 24.1. The van der Waals surface area contributed by atoms with Crippen LogP contribution in [0.3, 0.4) is 0 Å². The van der Waals surface area contributed by atoms with Gasteiger partial charge >= 0.3 is 5.97 Å². The number of hydrogen-bond acceptors (Lipinski definition) is 4. The number of esters is 1. The minimum Gasteiger partial charge on any atom is -0.459 e. The van der Waals surface area contributed by atoms with Gasteiger partial charge in [0, 0.05) is 5.92 Å². The number of ketones is 1. The molecular weight excluding hydrogens is 356 g/mol. The quantitative estimate of drug-likeness (QED) is 0.267. The maximum atomic E-state index is 13.2. The van der Waals surface area contributed by atoms with E-state index >= 15 is 0 Å². The normalized spacial score (nSPS) is 27.9. The van der Waals surface area contributed by atoms with Crippen molar-refractivity contribution < 1.29 is 18.8 Å². The van der Waals surface area contributed by atoms with E-state index < -0.39 is 25.8 Å². The first-order chi connectivity index (χ1) is 12.0. The fourth-order valence-electron chi connectivity index (χ4n) is 2.96. The van der Waals surface area contributed by atoms with E-state index in [1.807, 2.05) is 33.8 Å². The molecule has 0 aliphatic heterocycles. The molecule has 0 heterocycles. The van der Waals surface area contributed by atoms with Crippen molar-refractivity contribution in [3.8, 4) is 0 Å². The van der Waals surface area contributed by atoms with Gasteiger partial charge in [-0.3, -0.25) is 9.59 Å². The van der Waals surface area contributed by atoms with Gasteiger partial charge in [0.05, 0.1) is 6.10 Å². The van der Waals surface area contributed by atoms with Gasteiger partial charge in [0.2, 0.25) is 0 Å². The monoisotopic (exact) mass is 396 g/mol. The average molecular weight is 397 g/mol. The van der Waals surface area contributed by atoms with Crippen LogP contribution in [0.2, 0.25) is 18.1 Å². The van der Waals surface area contributed by atoms with E-state index in [1.54, 1.807) is 0 Å². The van der Waals surface area contributed by atoms with Crippen LogP contribution < -0.4 is 0 Å². The van der Waals surface area contributed by atoms with E-state index in [-0.39, 0.29) is 22.8 Å². The van der Waals surface area contributed by atoms with Crippen molar-refractivity contribution >= 4 is 20.1 Å². The topological polar surface area (TPSA) is 52.6 Å². The number of rotatable bonds is 3. The lowest BCUT2D eigenvalue weighted by Gasteiger charge is -2.41. The van der Waals surface area contributed by atoms with Crippen LogP contribution in [-0.4, -0.2) is 31.8 Å². The van der Waals surface area contributed by atoms with E-state index in [4.69, 9.17) is 9.16 Å². The van der Waals surface area contributed by atoms with Crippen molar-refractivity contribution in [3.05, 3.63) is 11.6 Å². The standard InChI is InChI=1S/C22H40O4Si/c1-15-11-13-17(20(24)25-21(3,4)5)19(23)16(2)18(14-12-15)26-27(9,10)22(6,7)8/h11,16-18H,12-14H2,1-10H3/b15-11-/t16-,17-,18+/m1/s1. The maximum Gasteiger partial charge on any atom is 0.317 e. The zero-order valence-corrected chi connectivity index (χ0v) is 20.1. The number of carbonyl (C=O) groups is 2. The lowest BCUT2D eigenvalue weighted by atomic mass is 9.87. The second-order valence-electron chi connectivity index (χ2n) is 10.5. The van der Waals surface area contributed by atoms with Crippen molar-refractivity contribution in [3.63, 3.8) is 0 Å². The summed E-state index contributed by atoms with van der Waals surface area (Å²) in [6.45, 7) is 20.5. The zero-order valence-electron chi connectivity index (χ0n) is 19.1. The summed E-state index contributed by atoms with van der Waals surface area (Å²) < 4.78 is 12.2. The maximum absolute atomic E-state index is 13.2. The van der Waals surface area contributed by atoms with Gasteiger partial charge in [-0.2, -0.15) is 0 Å². The molecule has 0 aromatic rings. The predicted molar refractivity (Wildman–Crippen MR) is 113 cm³/mol. The van der Waals surface area contributed by atoms with Crippen LogP contribution in [0.25, 0.3) is 0 Å². The van der Waals surface area contributed by atoms with Gasteiger partial charge in [0.25, 0.3) is 0 Å². The van der Waals surface area contributed by atoms with E-state index in [9.17, 15) is 9.59 Å². The summed E-state index contributed by atoms with van der Waals surface area (Å²) in [5.41, 5.74) is 0.601. The van der Waals surface area contributed by atoms with E-state index in [0.717, 1.165) is 12.8 Å².